The summed E-state index contributed by atoms with van der Waals surface area (Å²) in [5, 5.41) is 29.2. The summed E-state index contributed by atoms with van der Waals surface area (Å²) in [4.78, 5) is 10.7. The summed E-state index contributed by atoms with van der Waals surface area (Å²) >= 11 is 0. The molecular formula is C12H10O4. The summed E-state index contributed by atoms with van der Waals surface area (Å²) in [6.45, 7) is 0. The number of aromatic hydroxyl groups is 2. The number of aliphatic carboxylic acids is 1. The van der Waals surface area contributed by atoms with Crippen LogP contribution in [0.2, 0.25) is 0 Å². The van der Waals surface area contributed by atoms with Gasteiger partial charge in [-0.25, -0.2) is 0 Å². The average molecular weight is 218 g/mol. The van der Waals surface area contributed by atoms with Gasteiger partial charge in [-0.3, -0.25) is 4.79 Å². The molecule has 0 unspecified atom stereocenters. The van der Waals surface area contributed by atoms with E-state index >= 15 is 0 Å². The highest BCUT2D eigenvalue weighted by atomic mass is 16.4. The van der Waals surface area contributed by atoms with Crippen molar-refractivity contribution in [1.29, 1.82) is 0 Å². The molecule has 0 aliphatic rings. The standard InChI is InChI=1S/C12H10O4/c13-10-5-7-3-1-2-4-8(7)9(12(10)16)6-11(14)15/h1-5,13,16H,6H2,(H,14,15). The van der Waals surface area contributed by atoms with Crippen LogP contribution >= 0.6 is 0 Å². The summed E-state index contributed by atoms with van der Waals surface area (Å²) in [5.41, 5.74) is 0.239. The molecule has 0 aliphatic heterocycles. The molecule has 0 aliphatic carbocycles. The summed E-state index contributed by atoms with van der Waals surface area (Å²) < 4.78 is 0. The Morgan fingerprint density at radius 1 is 1.19 bits per heavy atom. The van der Waals surface area contributed by atoms with Gasteiger partial charge in [0.2, 0.25) is 0 Å². The molecule has 2 aromatic carbocycles. The lowest BCUT2D eigenvalue weighted by atomic mass is 10.0. The van der Waals surface area contributed by atoms with Crippen LogP contribution in [-0.4, -0.2) is 21.3 Å². The Bertz CT molecular complexity index is 560. The van der Waals surface area contributed by atoms with Gasteiger partial charge in [-0.2, -0.15) is 0 Å². The quantitative estimate of drug-likeness (QED) is 0.672. The highest BCUT2D eigenvalue weighted by molar-refractivity contribution is 5.92. The minimum Gasteiger partial charge on any atom is -0.504 e. The minimum atomic E-state index is -1.05. The van der Waals surface area contributed by atoms with Crippen LogP contribution in [0.4, 0.5) is 0 Å². The first kappa shape index (κ1) is 10.3. The van der Waals surface area contributed by atoms with Crippen LogP contribution in [0, 0.1) is 0 Å². The second kappa shape index (κ2) is 3.73. The van der Waals surface area contributed by atoms with Crippen molar-refractivity contribution < 1.29 is 20.1 Å². The van der Waals surface area contributed by atoms with E-state index in [4.69, 9.17) is 5.11 Å². The number of fused-ring (bicyclic) bond motifs is 1. The maximum absolute atomic E-state index is 10.7. The average Bonchev–Trinajstić information content (AvgIpc) is 2.24. The van der Waals surface area contributed by atoms with Crippen molar-refractivity contribution in [3.63, 3.8) is 0 Å². The number of hydrogen-bond donors (Lipinski definition) is 3. The molecular weight excluding hydrogens is 208 g/mol. The zero-order valence-electron chi connectivity index (χ0n) is 8.34. The van der Waals surface area contributed by atoms with Gasteiger partial charge >= 0.3 is 5.97 Å². The SMILES string of the molecule is O=C(O)Cc1c(O)c(O)cc2ccccc12. The van der Waals surface area contributed by atoms with Crippen molar-refractivity contribution in [2.75, 3.05) is 0 Å². The third kappa shape index (κ3) is 1.65. The van der Waals surface area contributed by atoms with Crippen molar-refractivity contribution in [3.8, 4) is 11.5 Å². The Balaban J connectivity index is 2.76. The van der Waals surface area contributed by atoms with Crippen molar-refractivity contribution >= 4 is 16.7 Å². The lowest BCUT2D eigenvalue weighted by molar-refractivity contribution is -0.136. The van der Waals surface area contributed by atoms with Crippen LogP contribution in [0.5, 0.6) is 11.5 Å². The van der Waals surface area contributed by atoms with Gasteiger partial charge in [-0.1, -0.05) is 24.3 Å². The smallest absolute Gasteiger partial charge is 0.307 e. The molecule has 82 valence electrons. The number of benzene rings is 2. The number of phenols is 2. The van der Waals surface area contributed by atoms with Crippen LogP contribution in [0.15, 0.2) is 30.3 Å². The van der Waals surface area contributed by atoms with E-state index in [1.165, 1.54) is 6.07 Å². The number of rotatable bonds is 2. The molecule has 0 atom stereocenters. The highest BCUT2D eigenvalue weighted by Crippen LogP contribution is 2.35. The van der Waals surface area contributed by atoms with Gasteiger partial charge in [0, 0.05) is 5.56 Å². The van der Waals surface area contributed by atoms with Crippen molar-refractivity contribution in [2.45, 2.75) is 6.42 Å². The molecule has 0 saturated carbocycles. The van der Waals surface area contributed by atoms with E-state index in [0.717, 1.165) is 0 Å². The monoisotopic (exact) mass is 218 g/mol. The van der Waals surface area contributed by atoms with Gasteiger partial charge in [0.15, 0.2) is 11.5 Å². The third-order valence-corrected chi connectivity index (χ3v) is 2.43. The number of carboxylic acids is 1. The van der Waals surface area contributed by atoms with Crippen LogP contribution in [0.25, 0.3) is 10.8 Å². The van der Waals surface area contributed by atoms with E-state index in [0.29, 0.717) is 10.8 Å². The molecule has 0 radical (unpaired) electrons. The van der Waals surface area contributed by atoms with E-state index in [1.807, 2.05) is 0 Å². The van der Waals surface area contributed by atoms with E-state index in [9.17, 15) is 15.0 Å². The lowest BCUT2D eigenvalue weighted by Gasteiger charge is -2.08. The second-order valence-electron chi connectivity index (χ2n) is 3.51. The van der Waals surface area contributed by atoms with Gasteiger partial charge < -0.3 is 15.3 Å². The number of hydrogen-bond acceptors (Lipinski definition) is 3. The molecule has 0 saturated heterocycles. The van der Waals surface area contributed by atoms with Crippen LogP contribution < -0.4 is 0 Å². The largest absolute Gasteiger partial charge is 0.504 e. The van der Waals surface area contributed by atoms with Gasteiger partial charge in [-0.15, -0.1) is 0 Å². The predicted octanol–water partition coefficient (Wildman–Crippen LogP) is 1.88. The first-order chi connectivity index (χ1) is 7.59. The van der Waals surface area contributed by atoms with Crippen molar-refractivity contribution in [2.24, 2.45) is 0 Å². The number of phenolic OH excluding ortho intramolecular Hbond substituents is 2. The highest BCUT2D eigenvalue weighted by Gasteiger charge is 2.14. The molecule has 2 rings (SSSR count). The molecule has 0 aromatic heterocycles. The molecule has 16 heavy (non-hydrogen) atoms. The first-order valence-corrected chi connectivity index (χ1v) is 4.74. The Kier molecular flexibility index (Phi) is 2.40. The maximum Gasteiger partial charge on any atom is 0.307 e. The minimum absolute atomic E-state index is 0.239. The lowest BCUT2D eigenvalue weighted by Crippen LogP contribution is -2.01. The first-order valence-electron chi connectivity index (χ1n) is 4.74. The molecule has 0 spiro atoms. The normalized spacial score (nSPS) is 10.5. The van der Waals surface area contributed by atoms with E-state index in [-0.39, 0.29) is 23.5 Å². The fourth-order valence-electron chi connectivity index (χ4n) is 1.73. The van der Waals surface area contributed by atoms with Crippen molar-refractivity contribution in [1.82, 2.24) is 0 Å². The molecule has 4 nitrogen and oxygen atoms in total. The van der Waals surface area contributed by atoms with E-state index < -0.39 is 5.97 Å². The topological polar surface area (TPSA) is 77.8 Å². The van der Waals surface area contributed by atoms with Gasteiger partial charge in [0.25, 0.3) is 0 Å². The molecule has 3 N–H and O–H groups in total. The van der Waals surface area contributed by atoms with Crippen LogP contribution in [-0.2, 0) is 11.2 Å². The fourth-order valence-corrected chi connectivity index (χ4v) is 1.73. The molecule has 4 heteroatoms. The molecule has 0 bridgehead atoms. The predicted molar refractivity (Wildman–Crippen MR) is 58.6 cm³/mol. The summed E-state index contributed by atoms with van der Waals surface area (Å²) in [7, 11) is 0. The van der Waals surface area contributed by atoms with Gasteiger partial charge in [0.05, 0.1) is 6.42 Å². The molecule has 0 amide bonds. The van der Waals surface area contributed by atoms with Gasteiger partial charge in [0.1, 0.15) is 0 Å². The van der Waals surface area contributed by atoms with E-state index in [2.05, 4.69) is 0 Å². The number of carboxylic acid groups (broad SMARTS) is 1. The molecule has 0 fully saturated rings. The Hall–Kier alpha value is -2.23. The van der Waals surface area contributed by atoms with Crippen molar-refractivity contribution in [3.05, 3.63) is 35.9 Å². The van der Waals surface area contributed by atoms with E-state index in [1.54, 1.807) is 24.3 Å². The van der Waals surface area contributed by atoms with Gasteiger partial charge in [-0.05, 0) is 16.8 Å². The Morgan fingerprint density at radius 2 is 1.88 bits per heavy atom. The summed E-state index contributed by atoms with van der Waals surface area (Å²) in [6.07, 6.45) is -0.319. The molecule has 0 heterocycles. The second-order valence-corrected chi connectivity index (χ2v) is 3.51. The molecule has 2 aromatic rings. The maximum atomic E-state index is 10.7. The summed E-state index contributed by atoms with van der Waals surface area (Å²) in [6, 6.07) is 8.41. The fraction of sp³-hybridized carbons (Fsp3) is 0.0833. The third-order valence-electron chi connectivity index (χ3n) is 2.43. The zero-order chi connectivity index (χ0) is 11.7. The zero-order valence-corrected chi connectivity index (χ0v) is 8.34. The van der Waals surface area contributed by atoms with Crippen LogP contribution in [0.1, 0.15) is 5.56 Å². The Labute approximate surface area is 91.4 Å². The van der Waals surface area contributed by atoms with Crippen LogP contribution in [0.3, 0.4) is 0 Å². The number of carbonyl (C=O) groups is 1. The summed E-state index contributed by atoms with van der Waals surface area (Å²) in [5.74, 6) is -1.71. The Morgan fingerprint density at radius 3 is 2.56 bits per heavy atom.